The summed E-state index contributed by atoms with van der Waals surface area (Å²) in [5.74, 6) is -3.35. The van der Waals surface area contributed by atoms with Crippen LogP contribution in [0.5, 0.6) is 11.5 Å². The predicted octanol–water partition coefficient (Wildman–Crippen LogP) is 0.306. The topological polar surface area (TPSA) is 217 Å². The molecule has 51 heavy (non-hydrogen) atoms. The van der Waals surface area contributed by atoms with Crippen molar-refractivity contribution < 1.29 is 38.9 Å². The van der Waals surface area contributed by atoms with Crippen LogP contribution in [0.15, 0.2) is 54.7 Å². The summed E-state index contributed by atoms with van der Waals surface area (Å²) in [6.45, 7) is 5.38. The fourth-order valence-corrected chi connectivity index (χ4v) is 6.09. The van der Waals surface area contributed by atoms with Crippen LogP contribution in [0.3, 0.4) is 0 Å². The molecule has 3 aliphatic rings. The number of aromatic hydroxyl groups is 1. The number of carbonyl (C=O) groups is 5. The van der Waals surface area contributed by atoms with E-state index in [-0.39, 0.29) is 50.0 Å². The number of likely N-dealkylation sites (tertiary alicyclic amines) is 1. The maximum absolute atomic E-state index is 14.2. The quantitative estimate of drug-likeness (QED) is 0.188. The lowest BCUT2D eigenvalue weighted by Crippen LogP contribution is -2.59. The van der Waals surface area contributed by atoms with Crippen LogP contribution in [0, 0.1) is 5.92 Å². The van der Waals surface area contributed by atoms with Gasteiger partial charge in [0.1, 0.15) is 48.0 Å². The van der Waals surface area contributed by atoms with Gasteiger partial charge in [0.25, 0.3) is 0 Å². The number of carbonyl (C=O) groups excluding carboxylic acids is 4. The number of phenols is 1. The fraction of sp³-hybridized carbons (Fsp3) is 0.457. The van der Waals surface area contributed by atoms with Crippen molar-refractivity contribution in [3.8, 4) is 11.5 Å². The number of amides is 4. The van der Waals surface area contributed by atoms with E-state index in [0.29, 0.717) is 22.6 Å². The molecule has 6 bridgehead atoms. The Kier molecular flexibility index (Phi) is 11.5. The van der Waals surface area contributed by atoms with Gasteiger partial charge in [-0.3, -0.25) is 19.2 Å². The van der Waals surface area contributed by atoms with E-state index in [1.54, 1.807) is 75.1 Å². The second kappa shape index (κ2) is 16.0. The maximum Gasteiger partial charge on any atom is 0.326 e. The normalized spacial score (nSPS) is 22.1. The number of hydrogen-bond acceptors (Lipinski definition) is 10. The van der Waals surface area contributed by atoms with Crippen molar-refractivity contribution in [2.24, 2.45) is 5.92 Å². The van der Waals surface area contributed by atoms with Gasteiger partial charge in [-0.2, -0.15) is 0 Å². The number of hydrogen-bond donors (Lipinski definition) is 6. The molecule has 6 rings (SSSR count). The molecular formula is C35H44N8O8. The molecule has 2 aromatic carbocycles. The van der Waals surface area contributed by atoms with E-state index >= 15 is 0 Å². The van der Waals surface area contributed by atoms with E-state index in [4.69, 9.17) is 4.74 Å². The van der Waals surface area contributed by atoms with Crippen molar-refractivity contribution in [2.45, 2.75) is 82.9 Å². The number of aromatic nitrogens is 3. The number of aliphatic carboxylic acids is 1. The van der Waals surface area contributed by atoms with Crippen LogP contribution in [-0.2, 0) is 43.4 Å². The summed E-state index contributed by atoms with van der Waals surface area (Å²) in [7, 11) is 1.63. The highest BCUT2D eigenvalue weighted by molar-refractivity contribution is 5.96. The monoisotopic (exact) mass is 704 g/mol. The van der Waals surface area contributed by atoms with Crippen molar-refractivity contribution in [1.82, 2.24) is 41.2 Å². The molecule has 3 aromatic rings. The van der Waals surface area contributed by atoms with Crippen molar-refractivity contribution >= 4 is 29.6 Å². The Morgan fingerprint density at radius 3 is 2.37 bits per heavy atom. The molecule has 0 radical (unpaired) electrons. The molecule has 1 unspecified atom stereocenters. The Balaban J connectivity index is 1.52. The molecule has 6 atom stereocenters. The minimum absolute atomic E-state index is 0.00781. The first-order valence-electron chi connectivity index (χ1n) is 16.8. The standard InChI is InChI=1S/C35H44N8O8/c1-19(2)30(39-31(45)20(3)36-4)34(48)42-17-24-15-29(42)33(47)37-27(13-21-5-9-25(44)10-6-21)32(46)38-28(35(49)50)14-22-7-11-26(12-8-22)51-18-23-16-43(24)41-40-23/h5-12,16,19-20,24,27-30,36,44H,13-15,17-18H2,1-4H3,(H,37,47)(H,38,46)(H,39,45)(H,49,50)/t20-,24-,27-,28?,29-,30-/m0/s1. The molecule has 0 saturated carbocycles. The second-order valence-electron chi connectivity index (χ2n) is 13.3. The molecule has 6 N–H and O–H groups in total. The van der Waals surface area contributed by atoms with Gasteiger partial charge >= 0.3 is 5.97 Å². The van der Waals surface area contributed by atoms with E-state index in [1.165, 1.54) is 17.0 Å². The molecule has 0 aliphatic carbocycles. The van der Waals surface area contributed by atoms with E-state index < -0.39 is 59.9 Å². The molecule has 1 saturated heterocycles. The Labute approximate surface area is 294 Å². The van der Waals surface area contributed by atoms with Gasteiger partial charge < -0.3 is 41.1 Å². The number of benzene rings is 2. The summed E-state index contributed by atoms with van der Waals surface area (Å²) in [6.07, 6.45) is 1.71. The number of carboxylic acids is 1. The predicted molar refractivity (Wildman–Crippen MR) is 182 cm³/mol. The summed E-state index contributed by atoms with van der Waals surface area (Å²) in [6, 6.07) is 7.14. The van der Waals surface area contributed by atoms with Crippen LogP contribution in [-0.4, -0.2) is 104 Å². The van der Waals surface area contributed by atoms with Gasteiger partial charge in [0.2, 0.25) is 23.6 Å². The SMILES string of the molecule is CN[C@@H](C)C(=O)N[C@H](C(=O)N1C[C@@H]2C[C@H]1C(=O)N[C@@H](Cc1ccc(O)cc1)C(=O)NC(C(=O)O)Cc1ccc(cc1)OCc1cn2nn1)C(C)C. The Bertz CT molecular complexity index is 1730. The fourth-order valence-electron chi connectivity index (χ4n) is 6.09. The largest absolute Gasteiger partial charge is 0.508 e. The maximum atomic E-state index is 14.2. The number of nitrogens with zero attached hydrogens (tertiary/aromatic N) is 4. The Morgan fingerprint density at radius 2 is 1.73 bits per heavy atom. The summed E-state index contributed by atoms with van der Waals surface area (Å²) in [5, 5.41) is 39.4. The summed E-state index contributed by atoms with van der Waals surface area (Å²) in [5.41, 5.74) is 1.72. The third kappa shape index (κ3) is 9.00. The zero-order valence-electron chi connectivity index (χ0n) is 28.9. The first-order valence-corrected chi connectivity index (χ1v) is 16.8. The van der Waals surface area contributed by atoms with E-state index in [2.05, 4.69) is 31.6 Å². The lowest BCUT2D eigenvalue weighted by Gasteiger charge is -2.32. The Morgan fingerprint density at radius 1 is 1.02 bits per heavy atom. The third-order valence-corrected chi connectivity index (χ3v) is 9.23. The van der Waals surface area contributed by atoms with Crippen molar-refractivity contribution in [2.75, 3.05) is 13.6 Å². The van der Waals surface area contributed by atoms with Crippen LogP contribution in [0.1, 0.15) is 50.1 Å². The van der Waals surface area contributed by atoms with Crippen molar-refractivity contribution in [3.05, 3.63) is 71.5 Å². The third-order valence-electron chi connectivity index (χ3n) is 9.23. The number of likely N-dealkylation sites (N-methyl/N-ethyl adjacent to an activating group) is 1. The zero-order valence-corrected chi connectivity index (χ0v) is 28.9. The lowest BCUT2D eigenvalue weighted by atomic mass is 10.0. The average molecular weight is 705 g/mol. The van der Waals surface area contributed by atoms with Gasteiger partial charge in [-0.05, 0) is 55.3 Å². The van der Waals surface area contributed by atoms with E-state index in [0.717, 1.165) is 0 Å². The molecular weight excluding hydrogens is 660 g/mol. The lowest BCUT2D eigenvalue weighted by molar-refractivity contribution is -0.144. The highest BCUT2D eigenvalue weighted by Crippen LogP contribution is 2.29. The smallest absolute Gasteiger partial charge is 0.326 e. The second-order valence-corrected chi connectivity index (χ2v) is 13.3. The highest BCUT2D eigenvalue weighted by Gasteiger charge is 2.45. The number of nitrogens with one attached hydrogen (secondary N) is 4. The van der Waals surface area contributed by atoms with Crippen molar-refractivity contribution in [1.29, 1.82) is 0 Å². The summed E-state index contributed by atoms with van der Waals surface area (Å²) < 4.78 is 7.46. The van der Waals surface area contributed by atoms with Gasteiger partial charge in [0.05, 0.1) is 18.3 Å². The van der Waals surface area contributed by atoms with Gasteiger partial charge in [-0.15, -0.1) is 5.10 Å². The van der Waals surface area contributed by atoms with Crippen molar-refractivity contribution in [3.63, 3.8) is 0 Å². The number of phenolic OH excluding ortho intramolecular Hbond substituents is 1. The van der Waals surface area contributed by atoms with Gasteiger partial charge in [-0.25, -0.2) is 9.48 Å². The number of ether oxygens (including phenoxy) is 1. The minimum Gasteiger partial charge on any atom is -0.508 e. The minimum atomic E-state index is -1.33. The van der Waals surface area contributed by atoms with Gasteiger partial charge in [0.15, 0.2) is 0 Å². The number of rotatable bonds is 8. The van der Waals surface area contributed by atoms with Gasteiger partial charge in [-0.1, -0.05) is 43.3 Å². The molecule has 0 spiro atoms. The molecule has 272 valence electrons. The summed E-state index contributed by atoms with van der Waals surface area (Å²) in [4.78, 5) is 68.9. The average Bonchev–Trinajstić information content (AvgIpc) is 3.77. The number of carboxylic acid groups (broad SMARTS) is 1. The molecule has 3 aliphatic heterocycles. The number of fused-ring (bicyclic) bond motifs is 9. The van der Waals surface area contributed by atoms with E-state index in [9.17, 15) is 34.2 Å². The first-order chi connectivity index (χ1) is 24.3. The van der Waals surface area contributed by atoms with E-state index in [1.807, 2.05) is 0 Å². The van der Waals surface area contributed by atoms with Crippen LogP contribution < -0.4 is 26.0 Å². The summed E-state index contributed by atoms with van der Waals surface area (Å²) >= 11 is 0. The van der Waals surface area contributed by atoms with Crippen LogP contribution in [0.2, 0.25) is 0 Å². The highest BCUT2D eigenvalue weighted by atomic mass is 16.5. The molecule has 16 heteroatoms. The molecule has 4 heterocycles. The molecule has 16 nitrogen and oxygen atoms in total. The van der Waals surface area contributed by atoms with Gasteiger partial charge in [0, 0.05) is 25.8 Å². The first kappa shape index (κ1) is 36.8. The molecule has 1 fully saturated rings. The zero-order chi connectivity index (χ0) is 36.8. The van der Waals surface area contributed by atoms with Crippen LogP contribution >= 0.6 is 0 Å². The Hall–Kier alpha value is -5.51. The molecule has 1 aromatic heterocycles. The van der Waals surface area contributed by atoms with Crippen LogP contribution in [0.25, 0.3) is 0 Å². The van der Waals surface area contributed by atoms with Crippen LogP contribution in [0.4, 0.5) is 0 Å². The molecule has 4 amide bonds.